The second-order valence-corrected chi connectivity index (χ2v) is 4.99. The van der Waals surface area contributed by atoms with E-state index in [4.69, 9.17) is 4.74 Å². The number of rotatable bonds is 6. The first-order valence-electron chi connectivity index (χ1n) is 7.62. The van der Waals surface area contributed by atoms with E-state index in [9.17, 15) is 9.59 Å². The van der Waals surface area contributed by atoms with Gasteiger partial charge in [0.25, 0.3) is 0 Å². The third-order valence-electron chi connectivity index (χ3n) is 3.40. The summed E-state index contributed by atoms with van der Waals surface area (Å²) in [6.07, 6.45) is 6.26. The highest BCUT2D eigenvalue weighted by Crippen LogP contribution is 2.19. The largest absolute Gasteiger partial charge is 0.464 e. The summed E-state index contributed by atoms with van der Waals surface area (Å²) in [6, 6.07) is -0.443. The van der Waals surface area contributed by atoms with Gasteiger partial charge in [0.1, 0.15) is 6.04 Å². The van der Waals surface area contributed by atoms with Gasteiger partial charge < -0.3 is 9.64 Å². The Labute approximate surface area is 121 Å². The number of nitrogens with zero attached hydrogens (tertiary/aromatic N) is 1. The van der Waals surface area contributed by atoms with Crippen LogP contribution in [-0.4, -0.2) is 36.0 Å². The van der Waals surface area contributed by atoms with Crippen LogP contribution in [0.5, 0.6) is 0 Å². The van der Waals surface area contributed by atoms with Crippen LogP contribution in [0.2, 0.25) is 0 Å². The molecule has 0 aromatic carbocycles. The van der Waals surface area contributed by atoms with Gasteiger partial charge in [-0.1, -0.05) is 25.7 Å². The van der Waals surface area contributed by atoms with E-state index in [-0.39, 0.29) is 11.9 Å². The molecule has 1 heterocycles. The van der Waals surface area contributed by atoms with Crippen molar-refractivity contribution < 1.29 is 14.3 Å². The van der Waals surface area contributed by atoms with Crippen molar-refractivity contribution in [1.82, 2.24) is 4.90 Å². The average molecular weight is 279 g/mol. The van der Waals surface area contributed by atoms with Gasteiger partial charge in [-0.25, -0.2) is 4.79 Å². The Morgan fingerprint density at radius 3 is 2.85 bits per heavy atom. The SMILES string of the molecule is CCCCCC#CCN1C(=O)CCCC1C(=O)OCC. The molecule has 0 saturated carbocycles. The zero-order chi connectivity index (χ0) is 14.8. The fraction of sp³-hybridized carbons (Fsp3) is 0.750. The molecular formula is C16H25NO3. The second kappa shape index (κ2) is 9.41. The molecule has 0 bridgehead atoms. The number of likely N-dealkylation sites (tertiary alicyclic amines) is 1. The maximum Gasteiger partial charge on any atom is 0.328 e. The van der Waals surface area contributed by atoms with Crippen LogP contribution in [0, 0.1) is 11.8 Å². The molecule has 0 N–H and O–H groups in total. The fourth-order valence-electron chi connectivity index (χ4n) is 2.29. The lowest BCUT2D eigenvalue weighted by Crippen LogP contribution is -2.48. The zero-order valence-corrected chi connectivity index (χ0v) is 12.6. The maximum absolute atomic E-state index is 11.9. The summed E-state index contributed by atoms with van der Waals surface area (Å²) in [5, 5.41) is 0. The summed E-state index contributed by atoms with van der Waals surface area (Å²) in [4.78, 5) is 25.4. The van der Waals surface area contributed by atoms with Crippen molar-refractivity contribution in [2.24, 2.45) is 0 Å². The number of carbonyl (C=O) groups is 2. The Hall–Kier alpha value is -1.50. The van der Waals surface area contributed by atoms with Crippen molar-refractivity contribution in [2.75, 3.05) is 13.2 Å². The molecule has 1 aliphatic heterocycles. The standard InChI is InChI=1S/C16H25NO3/c1-3-5-6-7-8-9-13-17-14(16(19)20-4-2)11-10-12-15(17)18/h14H,3-7,10-13H2,1-2H3. The highest BCUT2D eigenvalue weighted by atomic mass is 16.5. The van der Waals surface area contributed by atoms with E-state index in [1.54, 1.807) is 11.8 Å². The van der Waals surface area contributed by atoms with Gasteiger partial charge in [-0.2, -0.15) is 0 Å². The molecule has 1 rings (SSSR count). The average Bonchev–Trinajstić information content (AvgIpc) is 2.44. The molecule has 0 radical (unpaired) electrons. The number of ether oxygens (including phenoxy) is 1. The minimum Gasteiger partial charge on any atom is -0.464 e. The van der Waals surface area contributed by atoms with Crippen LogP contribution in [-0.2, 0) is 14.3 Å². The molecule has 112 valence electrons. The normalized spacial score (nSPS) is 18.4. The summed E-state index contributed by atoms with van der Waals surface area (Å²) in [7, 11) is 0. The first-order valence-corrected chi connectivity index (χ1v) is 7.62. The molecule has 1 fully saturated rings. The van der Waals surface area contributed by atoms with E-state index >= 15 is 0 Å². The number of hydrogen-bond donors (Lipinski definition) is 0. The Kier molecular flexibility index (Phi) is 7.79. The number of unbranched alkanes of at least 4 members (excludes halogenated alkanes) is 3. The van der Waals surface area contributed by atoms with Crippen LogP contribution in [0.4, 0.5) is 0 Å². The molecule has 4 heteroatoms. The minimum absolute atomic E-state index is 0.0113. The molecule has 4 nitrogen and oxygen atoms in total. The lowest BCUT2D eigenvalue weighted by atomic mass is 10.0. The molecule has 1 atom stereocenters. The topological polar surface area (TPSA) is 46.6 Å². The van der Waals surface area contributed by atoms with Crippen LogP contribution in [0.25, 0.3) is 0 Å². The molecule has 20 heavy (non-hydrogen) atoms. The molecule has 0 aliphatic carbocycles. The van der Waals surface area contributed by atoms with Crippen molar-refractivity contribution in [2.45, 2.75) is 64.8 Å². The van der Waals surface area contributed by atoms with Gasteiger partial charge in [0.2, 0.25) is 5.91 Å². The minimum atomic E-state index is -0.443. The van der Waals surface area contributed by atoms with E-state index in [0.717, 1.165) is 19.3 Å². The zero-order valence-electron chi connectivity index (χ0n) is 12.6. The van der Waals surface area contributed by atoms with Gasteiger partial charge in [-0.3, -0.25) is 4.79 Å². The van der Waals surface area contributed by atoms with Gasteiger partial charge in [0.15, 0.2) is 0 Å². The monoisotopic (exact) mass is 279 g/mol. The highest BCUT2D eigenvalue weighted by molar-refractivity contribution is 5.86. The van der Waals surface area contributed by atoms with Gasteiger partial charge >= 0.3 is 5.97 Å². The predicted octanol–water partition coefficient (Wildman–Crippen LogP) is 2.51. The molecule has 0 aromatic heterocycles. The molecule has 1 aliphatic rings. The van der Waals surface area contributed by atoms with E-state index in [1.165, 1.54) is 12.8 Å². The Morgan fingerprint density at radius 2 is 2.15 bits per heavy atom. The third-order valence-corrected chi connectivity index (χ3v) is 3.40. The number of hydrogen-bond acceptors (Lipinski definition) is 3. The molecule has 1 saturated heterocycles. The third kappa shape index (κ3) is 5.24. The van der Waals surface area contributed by atoms with Gasteiger partial charge in [0, 0.05) is 12.8 Å². The lowest BCUT2D eigenvalue weighted by molar-refractivity contribution is -0.156. The summed E-state index contributed by atoms with van der Waals surface area (Å²) in [5.74, 6) is 5.82. The van der Waals surface area contributed by atoms with Crippen LogP contribution in [0.15, 0.2) is 0 Å². The number of carbonyl (C=O) groups excluding carboxylic acids is 2. The Balaban J connectivity index is 2.52. The Bertz CT molecular complexity index is 381. The van der Waals surface area contributed by atoms with E-state index in [2.05, 4.69) is 18.8 Å². The van der Waals surface area contributed by atoms with Crippen molar-refractivity contribution in [3.63, 3.8) is 0 Å². The van der Waals surface area contributed by atoms with Crippen molar-refractivity contribution >= 4 is 11.9 Å². The number of esters is 1. The van der Waals surface area contributed by atoms with Crippen LogP contribution < -0.4 is 0 Å². The van der Waals surface area contributed by atoms with Gasteiger partial charge in [-0.15, -0.1) is 5.92 Å². The van der Waals surface area contributed by atoms with E-state index in [0.29, 0.717) is 26.0 Å². The fourth-order valence-corrected chi connectivity index (χ4v) is 2.29. The molecule has 0 aromatic rings. The first kappa shape index (κ1) is 16.6. The quantitative estimate of drug-likeness (QED) is 0.426. The summed E-state index contributed by atoms with van der Waals surface area (Å²) >= 11 is 0. The summed E-state index contributed by atoms with van der Waals surface area (Å²) in [5.41, 5.74) is 0. The van der Waals surface area contributed by atoms with Crippen LogP contribution >= 0.6 is 0 Å². The van der Waals surface area contributed by atoms with Crippen molar-refractivity contribution in [3.8, 4) is 11.8 Å². The second-order valence-electron chi connectivity index (χ2n) is 4.99. The molecule has 1 amide bonds. The maximum atomic E-state index is 11.9. The Morgan fingerprint density at radius 1 is 1.35 bits per heavy atom. The summed E-state index contributed by atoms with van der Waals surface area (Å²) < 4.78 is 5.04. The number of piperidine rings is 1. The lowest BCUT2D eigenvalue weighted by Gasteiger charge is -2.32. The number of amides is 1. The molecule has 0 spiro atoms. The van der Waals surface area contributed by atoms with Crippen molar-refractivity contribution in [1.29, 1.82) is 0 Å². The van der Waals surface area contributed by atoms with Gasteiger partial charge in [0.05, 0.1) is 13.2 Å². The predicted molar refractivity (Wildman–Crippen MR) is 77.9 cm³/mol. The highest BCUT2D eigenvalue weighted by Gasteiger charge is 2.33. The smallest absolute Gasteiger partial charge is 0.328 e. The van der Waals surface area contributed by atoms with Crippen molar-refractivity contribution in [3.05, 3.63) is 0 Å². The van der Waals surface area contributed by atoms with Crippen LogP contribution in [0.1, 0.15) is 58.8 Å². The van der Waals surface area contributed by atoms with E-state index < -0.39 is 6.04 Å². The molecule has 1 unspecified atom stereocenters. The van der Waals surface area contributed by atoms with Crippen LogP contribution in [0.3, 0.4) is 0 Å². The van der Waals surface area contributed by atoms with Gasteiger partial charge in [-0.05, 0) is 26.2 Å². The first-order chi connectivity index (χ1) is 9.70. The summed E-state index contributed by atoms with van der Waals surface area (Å²) in [6.45, 7) is 4.62. The molecular weight excluding hydrogens is 254 g/mol. The van der Waals surface area contributed by atoms with E-state index in [1.807, 2.05) is 0 Å².